The van der Waals surface area contributed by atoms with Crippen LogP contribution >= 0.6 is 0 Å². The molecular formula is C30H21N5O6. The summed E-state index contributed by atoms with van der Waals surface area (Å²) in [5, 5.41) is 17.1. The second-order valence-corrected chi connectivity index (χ2v) is 8.52. The van der Waals surface area contributed by atoms with E-state index < -0.39 is 22.4 Å². The first-order chi connectivity index (χ1) is 19.9. The minimum Gasteiger partial charge on any atom is -0.457 e. The normalized spacial score (nSPS) is 10.3. The van der Waals surface area contributed by atoms with Crippen molar-refractivity contribution < 1.29 is 24.0 Å². The number of benzene rings is 3. The van der Waals surface area contributed by atoms with Crippen LogP contribution in [0.25, 0.3) is 0 Å². The quantitative estimate of drug-likeness (QED) is 0.158. The third-order valence-electron chi connectivity index (χ3n) is 5.70. The van der Waals surface area contributed by atoms with Crippen LogP contribution in [0.15, 0.2) is 116 Å². The molecule has 0 fully saturated rings. The lowest BCUT2D eigenvalue weighted by Crippen LogP contribution is -2.16. The van der Waals surface area contributed by atoms with Gasteiger partial charge in [-0.1, -0.05) is 0 Å². The molecule has 2 amide bonds. The van der Waals surface area contributed by atoms with Gasteiger partial charge in [0.25, 0.3) is 17.5 Å². The van der Waals surface area contributed by atoms with E-state index in [1.165, 1.54) is 12.1 Å². The summed E-state index contributed by atoms with van der Waals surface area (Å²) >= 11 is 0. The van der Waals surface area contributed by atoms with Crippen LogP contribution in [0.5, 0.6) is 23.0 Å². The second-order valence-electron chi connectivity index (χ2n) is 8.52. The average molecular weight is 548 g/mol. The molecule has 0 spiro atoms. The zero-order chi connectivity index (χ0) is 28.6. The van der Waals surface area contributed by atoms with Gasteiger partial charge in [0.2, 0.25) is 0 Å². The summed E-state index contributed by atoms with van der Waals surface area (Å²) < 4.78 is 11.4. The lowest BCUT2D eigenvalue weighted by atomic mass is 10.1. The number of rotatable bonds is 9. The first kappa shape index (κ1) is 26.5. The molecule has 0 aliphatic heterocycles. The summed E-state index contributed by atoms with van der Waals surface area (Å²) in [5.74, 6) is 1.02. The molecule has 3 aromatic carbocycles. The van der Waals surface area contributed by atoms with E-state index in [1.807, 2.05) is 0 Å². The Morgan fingerprint density at radius 1 is 0.610 bits per heavy atom. The maximum absolute atomic E-state index is 12.9. The van der Waals surface area contributed by atoms with E-state index in [-0.39, 0.29) is 11.1 Å². The first-order valence-electron chi connectivity index (χ1n) is 12.2. The van der Waals surface area contributed by atoms with Crippen molar-refractivity contribution >= 4 is 28.9 Å². The van der Waals surface area contributed by atoms with Gasteiger partial charge in [0.15, 0.2) is 0 Å². The fourth-order valence-corrected chi connectivity index (χ4v) is 3.71. The Labute approximate surface area is 233 Å². The molecule has 0 unspecified atom stereocenters. The maximum atomic E-state index is 12.9. The summed E-state index contributed by atoms with van der Waals surface area (Å²) in [6.45, 7) is 0. The van der Waals surface area contributed by atoms with Gasteiger partial charge >= 0.3 is 0 Å². The predicted molar refractivity (Wildman–Crippen MR) is 151 cm³/mol. The molecule has 0 atom stereocenters. The van der Waals surface area contributed by atoms with Crippen molar-refractivity contribution in [3.05, 3.63) is 137 Å². The van der Waals surface area contributed by atoms with Crippen LogP contribution in [0.1, 0.15) is 20.7 Å². The first-order valence-corrected chi connectivity index (χ1v) is 12.2. The number of hydrogen-bond donors (Lipinski definition) is 2. The van der Waals surface area contributed by atoms with Crippen LogP contribution in [-0.4, -0.2) is 26.7 Å². The Morgan fingerprint density at radius 2 is 1.05 bits per heavy atom. The number of aromatic nitrogens is 2. The summed E-state index contributed by atoms with van der Waals surface area (Å²) in [6.07, 6.45) is 6.42. The fourth-order valence-electron chi connectivity index (χ4n) is 3.71. The Balaban J connectivity index is 1.24. The molecule has 2 heterocycles. The zero-order valence-corrected chi connectivity index (χ0v) is 21.3. The molecule has 2 N–H and O–H groups in total. The molecule has 41 heavy (non-hydrogen) atoms. The van der Waals surface area contributed by atoms with E-state index in [0.717, 1.165) is 6.07 Å². The number of carbonyl (C=O) groups is 2. The molecule has 11 nitrogen and oxygen atoms in total. The van der Waals surface area contributed by atoms with E-state index in [9.17, 15) is 19.7 Å². The van der Waals surface area contributed by atoms with E-state index in [0.29, 0.717) is 34.4 Å². The molecule has 11 heteroatoms. The highest BCUT2D eigenvalue weighted by Gasteiger charge is 2.23. The molecule has 5 rings (SSSR count). The van der Waals surface area contributed by atoms with Gasteiger partial charge in [0.1, 0.15) is 28.6 Å². The van der Waals surface area contributed by atoms with E-state index in [4.69, 9.17) is 9.47 Å². The Kier molecular flexibility index (Phi) is 7.87. The van der Waals surface area contributed by atoms with Crippen LogP contribution in [0, 0.1) is 10.1 Å². The van der Waals surface area contributed by atoms with E-state index >= 15 is 0 Å². The third kappa shape index (κ3) is 6.86. The third-order valence-corrected chi connectivity index (χ3v) is 5.70. The smallest absolute Gasteiger partial charge is 0.282 e. The number of ether oxygens (including phenoxy) is 2. The predicted octanol–water partition coefficient (Wildman–Crippen LogP) is 6.47. The van der Waals surface area contributed by atoms with Crippen LogP contribution < -0.4 is 20.1 Å². The molecule has 0 saturated carbocycles. The lowest BCUT2D eigenvalue weighted by Gasteiger charge is -2.10. The van der Waals surface area contributed by atoms with Crippen molar-refractivity contribution in [3.8, 4) is 23.0 Å². The molecule has 5 aromatic rings. The van der Waals surface area contributed by atoms with Crippen molar-refractivity contribution in [2.45, 2.75) is 0 Å². The van der Waals surface area contributed by atoms with Gasteiger partial charge < -0.3 is 20.1 Å². The highest BCUT2D eigenvalue weighted by molar-refractivity contribution is 6.09. The topological polar surface area (TPSA) is 146 Å². The van der Waals surface area contributed by atoms with Gasteiger partial charge in [-0.3, -0.25) is 29.7 Å². The Morgan fingerprint density at radius 3 is 1.51 bits per heavy atom. The Hall–Kier alpha value is -6.10. The zero-order valence-electron chi connectivity index (χ0n) is 21.3. The number of pyridine rings is 2. The van der Waals surface area contributed by atoms with Crippen LogP contribution in [-0.2, 0) is 0 Å². The van der Waals surface area contributed by atoms with Gasteiger partial charge in [0, 0.05) is 47.8 Å². The fraction of sp³-hybridized carbons (Fsp3) is 0. The van der Waals surface area contributed by atoms with Crippen molar-refractivity contribution in [3.63, 3.8) is 0 Å². The molecule has 0 aliphatic carbocycles. The number of nitro benzene ring substituents is 1. The number of anilines is 2. The van der Waals surface area contributed by atoms with Gasteiger partial charge in [0.05, 0.1) is 4.92 Å². The van der Waals surface area contributed by atoms with Crippen molar-refractivity contribution in [1.82, 2.24) is 9.97 Å². The minimum atomic E-state index is -0.706. The highest BCUT2D eigenvalue weighted by atomic mass is 16.6. The summed E-state index contributed by atoms with van der Waals surface area (Å²) in [5.41, 5.74) is 0.181. The molecule has 202 valence electrons. The van der Waals surface area contributed by atoms with Crippen molar-refractivity contribution in [2.24, 2.45) is 0 Å². The molecule has 0 saturated heterocycles. The maximum Gasteiger partial charge on any atom is 0.282 e. The highest BCUT2D eigenvalue weighted by Crippen LogP contribution is 2.26. The number of nitrogens with zero attached hydrogens (tertiary/aromatic N) is 3. The minimum absolute atomic E-state index is 0.0166. The SMILES string of the molecule is O=C(Nc1ccc(Oc2ccncc2)cc1)c1ccc(C(=O)Nc2ccc(Oc3ccncc3)cc2)c([N+](=O)[O-])c1. The van der Waals surface area contributed by atoms with Crippen molar-refractivity contribution in [1.29, 1.82) is 0 Å². The number of hydrogen-bond acceptors (Lipinski definition) is 8. The number of amides is 2. The summed E-state index contributed by atoms with van der Waals surface area (Å²) in [7, 11) is 0. The van der Waals surface area contributed by atoms with Crippen LogP contribution in [0.3, 0.4) is 0 Å². The van der Waals surface area contributed by atoms with E-state index in [1.54, 1.807) is 97.6 Å². The largest absolute Gasteiger partial charge is 0.457 e. The second kappa shape index (κ2) is 12.2. The lowest BCUT2D eigenvalue weighted by molar-refractivity contribution is -0.385. The summed E-state index contributed by atoms with van der Waals surface area (Å²) in [4.78, 5) is 44.6. The molecule has 0 radical (unpaired) electrons. The molecule has 2 aromatic heterocycles. The van der Waals surface area contributed by atoms with Gasteiger partial charge in [-0.15, -0.1) is 0 Å². The van der Waals surface area contributed by atoms with E-state index in [2.05, 4.69) is 20.6 Å². The van der Waals surface area contributed by atoms with Gasteiger partial charge in [-0.2, -0.15) is 0 Å². The van der Waals surface area contributed by atoms with Crippen molar-refractivity contribution in [2.75, 3.05) is 10.6 Å². The molecular weight excluding hydrogens is 526 g/mol. The molecule has 0 bridgehead atoms. The van der Waals surface area contributed by atoms with Crippen LogP contribution in [0.2, 0.25) is 0 Å². The monoisotopic (exact) mass is 547 g/mol. The molecule has 0 aliphatic rings. The standard InChI is InChI=1S/C30H21N5O6/c36-29(33-21-2-6-23(7-3-21)40-25-11-15-31-16-12-25)20-1-10-27(28(19-20)35(38)39)30(37)34-22-4-8-24(9-5-22)41-26-13-17-32-18-14-26/h1-19H,(H,33,36)(H,34,37). The Bertz CT molecular complexity index is 1680. The van der Waals surface area contributed by atoms with Crippen LogP contribution in [0.4, 0.5) is 17.1 Å². The number of nitro groups is 1. The average Bonchev–Trinajstić information content (AvgIpc) is 3.00. The van der Waals surface area contributed by atoms with Gasteiger partial charge in [-0.05, 0) is 84.9 Å². The number of carbonyl (C=O) groups excluding carboxylic acids is 2. The summed E-state index contributed by atoms with van der Waals surface area (Å²) in [6, 6.07) is 23.6. The van der Waals surface area contributed by atoms with Gasteiger partial charge in [-0.25, -0.2) is 0 Å². The number of nitrogens with one attached hydrogen (secondary N) is 2.